The number of rotatable bonds is 5. The molecule has 0 aliphatic heterocycles. The molecule has 3 aromatic rings. The second kappa shape index (κ2) is 8.41. The summed E-state index contributed by atoms with van der Waals surface area (Å²) in [5, 5.41) is 3.41. The fourth-order valence-electron chi connectivity index (χ4n) is 2.60. The van der Waals surface area contributed by atoms with Gasteiger partial charge in [-0.25, -0.2) is 8.42 Å². The van der Waals surface area contributed by atoms with Crippen molar-refractivity contribution >= 4 is 50.5 Å². The van der Waals surface area contributed by atoms with Crippen molar-refractivity contribution in [3.63, 3.8) is 0 Å². The fourth-order valence-corrected chi connectivity index (χ4v) is 3.57. The lowest BCUT2D eigenvalue weighted by atomic mass is 10.1. The summed E-state index contributed by atoms with van der Waals surface area (Å²) in [4.78, 5) is 16.9. The van der Waals surface area contributed by atoms with Gasteiger partial charge < -0.3 is 5.32 Å². The van der Waals surface area contributed by atoms with E-state index in [2.05, 4.69) is 10.3 Å². The first-order chi connectivity index (χ1) is 13.7. The molecule has 0 bridgehead atoms. The van der Waals surface area contributed by atoms with Gasteiger partial charge in [0.2, 0.25) is 10.0 Å². The van der Waals surface area contributed by atoms with E-state index in [9.17, 15) is 13.2 Å². The molecule has 9 heteroatoms. The minimum Gasteiger partial charge on any atom is -0.322 e. The Bertz CT molecular complexity index is 1170. The summed E-state index contributed by atoms with van der Waals surface area (Å²) in [5.41, 5.74) is 2.46. The molecule has 1 heterocycles. The molecule has 0 aliphatic carbocycles. The smallest absolute Gasteiger partial charge is 0.257 e. The van der Waals surface area contributed by atoms with E-state index in [1.54, 1.807) is 30.5 Å². The average molecular weight is 450 g/mol. The van der Waals surface area contributed by atoms with E-state index >= 15 is 0 Å². The Morgan fingerprint density at radius 1 is 1.03 bits per heavy atom. The van der Waals surface area contributed by atoms with Crippen LogP contribution in [0.1, 0.15) is 10.4 Å². The molecule has 0 unspecified atom stereocenters. The maximum Gasteiger partial charge on any atom is 0.257 e. The zero-order chi connectivity index (χ0) is 21.2. The highest BCUT2D eigenvalue weighted by molar-refractivity contribution is 7.92. The summed E-state index contributed by atoms with van der Waals surface area (Å²) in [6.07, 6.45) is 2.74. The molecular weight excluding hydrogens is 433 g/mol. The van der Waals surface area contributed by atoms with Gasteiger partial charge in [-0.3, -0.25) is 14.1 Å². The third-order valence-corrected chi connectivity index (χ3v) is 6.07. The van der Waals surface area contributed by atoms with Gasteiger partial charge in [-0.2, -0.15) is 0 Å². The lowest BCUT2D eigenvalue weighted by Crippen LogP contribution is -2.25. The zero-order valence-electron chi connectivity index (χ0n) is 15.6. The first-order valence-corrected chi connectivity index (χ1v) is 11.0. The van der Waals surface area contributed by atoms with Crippen molar-refractivity contribution in [1.29, 1.82) is 0 Å². The van der Waals surface area contributed by atoms with Crippen LogP contribution in [0.3, 0.4) is 0 Å². The van der Waals surface area contributed by atoms with Crippen molar-refractivity contribution in [2.24, 2.45) is 0 Å². The second-order valence-electron chi connectivity index (χ2n) is 6.26. The van der Waals surface area contributed by atoms with Crippen molar-refractivity contribution in [1.82, 2.24) is 4.98 Å². The molecule has 150 valence electrons. The van der Waals surface area contributed by atoms with Gasteiger partial charge in [0.25, 0.3) is 5.91 Å². The van der Waals surface area contributed by atoms with Crippen molar-refractivity contribution in [2.75, 3.05) is 22.9 Å². The first-order valence-electron chi connectivity index (χ1n) is 8.42. The van der Waals surface area contributed by atoms with Gasteiger partial charge in [0.15, 0.2) is 0 Å². The fraction of sp³-hybridized carbons (Fsp3) is 0.100. The number of pyridine rings is 1. The Labute approximate surface area is 179 Å². The lowest BCUT2D eigenvalue weighted by molar-refractivity contribution is 0.102. The predicted molar refractivity (Wildman–Crippen MR) is 117 cm³/mol. The van der Waals surface area contributed by atoms with E-state index in [-0.39, 0.29) is 10.6 Å². The van der Waals surface area contributed by atoms with Crippen LogP contribution < -0.4 is 9.62 Å². The van der Waals surface area contributed by atoms with Gasteiger partial charge in [-0.15, -0.1) is 0 Å². The van der Waals surface area contributed by atoms with Crippen LogP contribution in [0.25, 0.3) is 11.3 Å². The summed E-state index contributed by atoms with van der Waals surface area (Å²) in [6, 6.07) is 15.0. The summed E-state index contributed by atoms with van der Waals surface area (Å²) in [7, 11) is -2.02. The highest BCUT2D eigenvalue weighted by Crippen LogP contribution is 2.30. The average Bonchev–Trinajstić information content (AvgIpc) is 2.68. The largest absolute Gasteiger partial charge is 0.322 e. The summed E-state index contributed by atoms with van der Waals surface area (Å²) >= 11 is 12.5. The Morgan fingerprint density at radius 3 is 2.41 bits per heavy atom. The zero-order valence-corrected chi connectivity index (χ0v) is 17.9. The number of aromatic nitrogens is 1. The van der Waals surface area contributed by atoms with Gasteiger partial charge in [-0.1, -0.05) is 29.3 Å². The maximum atomic E-state index is 12.7. The van der Waals surface area contributed by atoms with E-state index in [1.807, 2.05) is 12.1 Å². The highest BCUT2D eigenvalue weighted by atomic mass is 35.5. The number of halogens is 2. The number of sulfonamides is 1. The molecule has 3 rings (SSSR count). The molecular formula is C20H17Cl2N3O3S. The molecule has 0 fully saturated rings. The molecule has 0 atom stereocenters. The van der Waals surface area contributed by atoms with Crippen LogP contribution in [0.2, 0.25) is 10.0 Å². The standard InChI is InChI=1S/C20H17Cl2N3O3S/c1-25(29(2,27)28)14-7-8-15(18(22)12-14)20(26)24-13-6-9-17(21)16(11-13)19-5-3-4-10-23-19/h3-12H,1-2H3,(H,24,26). The van der Waals surface area contributed by atoms with Crippen LogP contribution in [-0.4, -0.2) is 32.6 Å². The number of benzene rings is 2. The van der Waals surface area contributed by atoms with E-state index in [1.165, 1.54) is 25.2 Å². The number of carbonyl (C=O) groups excluding carboxylic acids is 1. The van der Waals surface area contributed by atoms with Gasteiger partial charge in [0.1, 0.15) is 0 Å². The number of nitrogens with one attached hydrogen (secondary N) is 1. The molecule has 29 heavy (non-hydrogen) atoms. The van der Waals surface area contributed by atoms with E-state index in [0.29, 0.717) is 27.7 Å². The number of hydrogen-bond donors (Lipinski definition) is 1. The van der Waals surface area contributed by atoms with Crippen LogP contribution in [0.5, 0.6) is 0 Å². The van der Waals surface area contributed by atoms with Crippen LogP contribution in [-0.2, 0) is 10.0 Å². The molecule has 0 aliphatic rings. The van der Waals surface area contributed by atoms with Crippen LogP contribution in [0.15, 0.2) is 60.8 Å². The normalized spacial score (nSPS) is 11.2. The van der Waals surface area contributed by atoms with E-state index in [4.69, 9.17) is 23.2 Å². The number of anilines is 2. The third-order valence-electron chi connectivity index (χ3n) is 4.22. The molecule has 6 nitrogen and oxygen atoms in total. The summed E-state index contributed by atoms with van der Waals surface area (Å²) < 4.78 is 24.4. The van der Waals surface area contributed by atoms with Gasteiger partial charge in [0.05, 0.1) is 33.2 Å². The molecule has 0 spiro atoms. The van der Waals surface area contributed by atoms with Crippen molar-refractivity contribution in [2.45, 2.75) is 0 Å². The van der Waals surface area contributed by atoms with Crippen molar-refractivity contribution in [3.8, 4) is 11.3 Å². The Hall–Kier alpha value is -2.61. The molecule has 1 N–H and O–H groups in total. The topological polar surface area (TPSA) is 79.4 Å². The van der Waals surface area contributed by atoms with Gasteiger partial charge in [-0.05, 0) is 48.5 Å². The van der Waals surface area contributed by atoms with Crippen LogP contribution >= 0.6 is 23.2 Å². The van der Waals surface area contributed by atoms with E-state index in [0.717, 1.165) is 10.6 Å². The Morgan fingerprint density at radius 2 is 1.79 bits per heavy atom. The Balaban J connectivity index is 1.86. The predicted octanol–water partition coefficient (Wildman–Crippen LogP) is 4.70. The molecule has 0 saturated carbocycles. The van der Waals surface area contributed by atoms with Gasteiger partial charge >= 0.3 is 0 Å². The lowest BCUT2D eigenvalue weighted by Gasteiger charge is -2.17. The first kappa shape index (κ1) is 21.1. The summed E-state index contributed by atoms with van der Waals surface area (Å²) in [5.74, 6) is -0.433. The Kier molecular flexibility index (Phi) is 6.12. The highest BCUT2D eigenvalue weighted by Gasteiger charge is 2.17. The number of carbonyl (C=O) groups is 1. The molecule has 0 saturated heterocycles. The van der Waals surface area contributed by atoms with Gasteiger partial charge in [0, 0.05) is 24.5 Å². The number of amides is 1. The molecule has 1 aromatic heterocycles. The van der Waals surface area contributed by atoms with E-state index < -0.39 is 15.9 Å². The summed E-state index contributed by atoms with van der Waals surface area (Å²) in [6.45, 7) is 0. The number of hydrogen-bond acceptors (Lipinski definition) is 4. The minimum absolute atomic E-state index is 0.134. The SMILES string of the molecule is CN(c1ccc(C(=O)Nc2ccc(Cl)c(-c3ccccn3)c2)c(Cl)c1)S(C)(=O)=O. The second-order valence-corrected chi connectivity index (χ2v) is 9.09. The van der Waals surface area contributed by atoms with Crippen LogP contribution in [0, 0.1) is 0 Å². The molecule has 0 radical (unpaired) electrons. The number of nitrogens with zero attached hydrogens (tertiary/aromatic N) is 2. The monoisotopic (exact) mass is 449 g/mol. The van der Waals surface area contributed by atoms with Crippen LogP contribution in [0.4, 0.5) is 11.4 Å². The quantitative estimate of drug-likeness (QED) is 0.611. The van der Waals surface area contributed by atoms with Crippen molar-refractivity contribution < 1.29 is 13.2 Å². The maximum absolute atomic E-state index is 12.7. The minimum atomic E-state index is -3.43. The molecule has 1 amide bonds. The van der Waals surface area contributed by atoms with Crippen molar-refractivity contribution in [3.05, 3.63) is 76.4 Å². The molecule has 2 aromatic carbocycles. The third kappa shape index (κ3) is 4.87.